The molecule has 1 N–H and O–H groups in total. The number of carbonyl (C=O) groups excluding carboxylic acids is 1. The molecule has 0 radical (unpaired) electrons. The van der Waals surface area contributed by atoms with E-state index in [1.54, 1.807) is 17.1 Å². The predicted octanol–water partition coefficient (Wildman–Crippen LogP) is 3.32. The average molecular weight is 298 g/mol. The van der Waals surface area contributed by atoms with E-state index in [0.29, 0.717) is 18.8 Å². The topological polar surface area (TPSA) is 32.3 Å². The minimum absolute atomic E-state index is 0.110. The highest BCUT2D eigenvalue weighted by Crippen LogP contribution is 2.29. The Kier molecular flexibility index (Phi) is 6.17. The van der Waals surface area contributed by atoms with Gasteiger partial charge in [0.2, 0.25) is 5.91 Å². The Labute approximate surface area is 121 Å². The van der Waals surface area contributed by atoms with Crippen LogP contribution in [-0.4, -0.2) is 30.4 Å². The molecule has 0 heterocycles. The second kappa shape index (κ2) is 7.64. The van der Waals surface area contributed by atoms with Crippen LogP contribution in [0.4, 0.5) is 18.9 Å². The van der Waals surface area contributed by atoms with E-state index in [9.17, 15) is 18.0 Å². The molecule has 0 aliphatic rings. The molecule has 0 fully saturated rings. The Balaban J connectivity index is 2.61. The van der Waals surface area contributed by atoms with Gasteiger partial charge in [-0.05, 0) is 24.3 Å². The summed E-state index contributed by atoms with van der Waals surface area (Å²) in [7, 11) is 0. The van der Waals surface area contributed by atoms with Crippen LogP contribution >= 0.6 is 0 Å². The van der Waals surface area contributed by atoms with Gasteiger partial charge in [0.05, 0.1) is 12.1 Å². The highest BCUT2D eigenvalue weighted by atomic mass is 19.4. The number of amides is 1. The first-order valence-corrected chi connectivity index (χ1v) is 6.28. The molecule has 3 nitrogen and oxygen atoms in total. The Bertz CT molecular complexity index is 485. The Hall–Kier alpha value is -2.08. The summed E-state index contributed by atoms with van der Waals surface area (Å²) in [5, 5.41) is 2.55. The quantitative estimate of drug-likeness (QED) is 0.783. The van der Waals surface area contributed by atoms with Gasteiger partial charge in [-0.25, -0.2) is 0 Å². The molecule has 0 aliphatic heterocycles. The summed E-state index contributed by atoms with van der Waals surface area (Å²) >= 11 is 0. The first kappa shape index (κ1) is 17.0. The molecule has 21 heavy (non-hydrogen) atoms. The number of nitrogens with zero attached hydrogens (tertiary/aromatic N) is 1. The van der Waals surface area contributed by atoms with Crippen molar-refractivity contribution in [2.24, 2.45) is 0 Å². The molecule has 0 saturated carbocycles. The van der Waals surface area contributed by atoms with E-state index in [-0.39, 0.29) is 12.5 Å². The number of carbonyl (C=O) groups is 1. The van der Waals surface area contributed by atoms with Crippen molar-refractivity contribution in [3.05, 3.63) is 55.1 Å². The molecule has 0 aliphatic carbocycles. The van der Waals surface area contributed by atoms with Crippen LogP contribution in [0.15, 0.2) is 49.6 Å². The first-order valence-electron chi connectivity index (χ1n) is 6.28. The second-order valence-electron chi connectivity index (χ2n) is 4.39. The molecular weight excluding hydrogens is 281 g/mol. The van der Waals surface area contributed by atoms with Crippen molar-refractivity contribution in [2.75, 3.05) is 25.0 Å². The summed E-state index contributed by atoms with van der Waals surface area (Å²) in [6.45, 7) is 8.34. The second-order valence-corrected chi connectivity index (χ2v) is 4.39. The van der Waals surface area contributed by atoms with Crippen LogP contribution in [0.5, 0.6) is 0 Å². The Morgan fingerprint density at radius 3 is 2.10 bits per heavy atom. The van der Waals surface area contributed by atoms with E-state index in [0.717, 1.165) is 12.1 Å². The van der Waals surface area contributed by atoms with Gasteiger partial charge in [0.15, 0.2) is 0 Å². The van der Waals surface area contributed by atoms with Crippen LogP contribution in [-0.2, 0) is 11.0 Å². The average Bonchev–Trinajstić information content (AvgIpc) is 2.38. The minimum atomic E-state index is -4.38. The van der Waals surface area contributed by atoms with E-state index in [4.69, 9.17) is 0 Å². The van der Waals surface area contributed by atoms with Gasteiger partial charge in [-0.15, -0.1) is 13.2 Å². The van der Waals surface area contributed by atoms with Crippen LogP contribution in [0.25, 0.3) is 0 Å². The van der Waals surface area contributed by atoms with Crippen molar-refractivity contribution in [3.63, 3.8) is 0 Å². The molecule has 0 atom stereocenters. The molecule has 1 aromatic carbocycles. The monoisotopic (exact) mass is 298 g/mol. The summed E-state index contributed by atoms with van der Waals surface area (Å²) in [4.78, 5) is 13.6. The van der Waals surface area contributed by atoms with Crippen LogP contribution < -0.4 is 5.32 Å². The number of halogens is 3. The van der Waals surface area contributed by atoms with Gasteiger partial charge in [0, 0.05) is 18.8 Å². The van der Waals surface area contributed by atoms with E-state index in [1.807, 2.05) is 0 Å². The fourth-order valence-corrected chi connectivity index (χ4v) is 1.71. The number of nitrogens with one attached hydrogen (secondary N) is 1. The zero-order valence-electron chi connectivity index (χ0n) is 11.5. The normalized spacial score (nSPS) is 11.2. The molecule has 6 heteroatoms. The first-order chi connectivity index (χ1) is 9.86. The fraction of sp³-hybridized carbons (Fsp3) is 0.267. The van der Waals surface area contributed by atoms with Gasteiger partial charge in [-0.3, -0.25) is 9.69 Å². The molecule has 0 unspecified atom stereocenters. The SMILES string of the molecule is C=CCN(CC=C)CC(=O)Nc1ccc(C(F)(F)F)cc1. The van der Waals surface area contributed by atoms with Gasteiger partial charge in [-0.2, -0.15) is 13.2 Å². The Morgan fingerprint density at radius 1 is 1.14 bits per heavy atom. The third kappa shape index (κ3) is 5.83. The van der Waals surface area contributed by atoms with E-state index < -0.39 is 11.7 Å². The number of hydrogen-bond acceptors (Lipinski definition) is 2. The number of alkyl halides is 3. The molecule has 0 spiro atoms. The molecule has 1 aromatic rings. The summed E-state index contributed by atoms with van der Waals surface area (Å²) in [5.41, 5.74) is -0.425. The van der Waals surface area contributed by atoms with Gasteiger partial charge < -0.3 is 5.32 Å². The number of rotatable bonds is 7. The lowest BCUT2D eigenvalue weighted by molar-refractivity contribution is -0.137. The lowest BCUT2D eigenvalue weighted by atomic mass is 10.2. The maximum atomic E-state index is 12.4. The zero-order chi connectivity index (χ0) is 15.9. The van der Waals surface area contributed by atoms with Crippen molar-refractivity contribution in [3.8, 4) is 0 Å². The van der Waals surface area contributed by atoms with Crippen LogP contribution in [0.2, 0.25) is 0 Å². The molecular formula is C15H17F3N2O. The van der Waals surface area contributed by atoms with Crippen molar-refractivity contribution in [1.29, 1.82) is 0 Å². The lowest BCUT2D eigenvalue weighted by Crippen LogP contribution is -2.33. The maximum Gasteiger partial charge on any atom is 0.416 e. The molecule has 114 valence electrons. The molecule has 0 saturated heterocycles. The fourth-order valence-electron chi connectivity index (χ4n) is 1.71. The summed E-state index contributed by atoms with van der Waals surface area (Å²) in [5.74, 6) is -0.307. The highest BCUT2D eigenvalue weighted by Gasteiger charge is 2.29. The van der Waals surface area contributed by atoms with E-state index in [2.05, 4.69) is 18.5 Å². The third-order valence-corrected chi connectivity index (χ3v) is 2.64. The van der Waals surface area contributed by atoms with Crippen LogP contribution in [0.1, 0.15) is 5.56 Å². The number of anilines is 1. The van der Waals surface area contributed by atoms with Crippen LogP contribution in [0, 0.1) is 0 Å². The van der Waals surface area contributed by atoms with Gasteiger partial charge in [0.1, 0.15) is 0 Å². The van der Waals surface area contributed by atoms with Gasteiger partial charge in [-0.1, -0.05) is 12.2 Å². The van der Waals surface area contributed by atoms with E-state index >= 15 is 0 Å². The summed E-state index contributed by atoms with van der Waals surface area (Å²) < 4.78 is 37.2. The largest absolute Gasteiger partial charge is 0.416 e. The Morgan fingerprint density at radius 2 is 1.67 bits per heavy atom. The van der Waals surface area contributed by atoms with E-state index in [1.165, 1.54) is 12.1 Å². The molecule has 0 aromatic heterocycles. The van der Waals surface area contributed by atoms with Crippen molar-refractivity contribution in [2.45, 2.75) is 6.18 Å². The number of hydrogen-bond donors (Lipinski definition) is 1. The van der Waals surface area contributed by atoms with Crippen molar-refractivity contribution >= 4 is 11.6 Å². The smallest absolute Gasteiger partial charge is 0.325 e. The van der Waals surface area contributed by atoms with Crippen molar-refractivity contribution < 1.29 is 18.0 Å². The minimum Gasteiger partial charge on any atom is -0.325 e. The third-order valence-electron chi connectivity index (χ3n) is 2.64. The number of benzene rings is 1. The highest BCUT2D eigenvalue weighted by molar-refractivity contribution is 5.92. The molecule has 1 rings (SSSR count). The standard InChI is InChI=1S/C15H17F3N2O/c1-3-9-20(10-4-2)11-14(21)19-13-7-5-12(6-8-13)15(16,17)18/h3-8H,1-2,9-11H2,(H,19,21). The molecule has 0 bridgehead atoms. The van der Waals surface area contributed by atoms with Crippen LogP contribution in [0.3, 0.4) is 0 Å². The van der Waals surface area contributed by atoms with Crippen molar-refractivity contribution in [1.82, 2.24) is 4.90 Å². The molecule has 1 amide bonds. The summed E-state index contributed by atoms with van der Waals surface area (Å²) in [6.07, 6.45) is -1.06. The zero-order valence-corrected chi connectivity index (χ0v) is 11.5. The van der Waals surface area contributed by atoms with Gasteiger partial charge >= 0.3 is 6.18 Å². The summed E-state index contributed by atoms with van der Waals surface area (Å²) in [6, 6.07) is 4.32. The maximum absolute atomic E-state index is 12.4. The predicted molar refractivity (Wildman–Crippen MR) is 76.9 cm³/mol. The lowest BCUT2D eigenvalue weighted by Gasteiger charge is -2.18. The van der Waals surface area contributed by atoms with Gasteiger partial charge in [0.25, 0.3) is 0 Å².